The van der Waals surface area contributed by atoms with Crippen molar-refractivity contribution in [3.63, 3.8) is 0 Å². The number of aryl methyl sites for hydroxylation is 1. The first kappa shape index (κ1) is 73.7. The number of nitrogens with zero attached hydrogens (tertiary/aromatic N) is 3. The van der Waals surface area contributed by atoms with Gasteiger partial charge >= 0.3 is 7.82 Å². The average molecular weight is 1200 g/mol. The molecule has 1 aliphatic heterocycles. The summed E-state index contributed by atoms with van der Waals surface area (Å²) in [6.07, 6.45) is 4.66. The number of rotatable bonds is 31. The number of aliphatic hydroxyl groups is 3. The van der Waals surface area contributed by atoms with Gasteiger partial charge in [-0.25, -0.2) is 9.55 Å². The molecule has 426 valence electrons. The summed E-state index contributed by atoms with van der Waals surface area (Å²) in [4.78, 5) is 114. The van der Waals surface area contributed by atoms with Crippen LogP contribution in [0.5, 0.6) is 0 Å². The molecule has 1 aliphatic rings. The first-order chi connectivity index (χ1) is 33.8. The number of nitrogens with two attached hydrogens (primary N) is 2. The molecule has 0 radical (unpaired) electrons. The van der Waals surface area contributed by atoms with Crippen LogP contribution in [0.3, 0.4) is 0 Å². The Bertz CT molecular complexity index is 1830. The standard InChI is InChI=1S/C34H59N8O14P.C7H16N2OS.2C2H6.HI/c1-20(2)14-23(38-33(51)26-8-11-42(26)27(46)9-13-55-34(4,5)18-45)30(48)37-24(15-22-16-36-19-41(22)10-6-7-12-43)31(49)39-25(17-44)32(50)40-28(29(35)47)21(3)56-57(52,53)54;1-2-3-4-9-7(10)6(8)5-11;2*1-2;/h16,19-21,23-26,28,43-45H,6-15,17-18H2,1-5H3,(H2,35,47)(H,37,48)(H,38,51)(H,39,49)(H,40,50)(H2,52,53,54);6,11H,2-5,8H2,1H3,(H,9,10);2*1-2H3;1H/t21-,23+,24+,25+,26?,28+;6-;;;/m10.../s1. The number of unbranched alkanes of at least 4 members (excludes halogenated alkanes) is 2. The van der Waals surface area contributed by atoms with Gasteiger partial charge in [0.1, 0.15) is 30.2 Å². The zero-order valence-electron chi connectivity index (χ0n) is 44.2. The van der Waals surface area contributed by atoms with Gasteiger partial charge in [-0.15, -0.1) is 24.0 Å². The topological polar surface area (TPSA) is 389 Å². The van der Waals surface area contributed by atoms with Crippen LogP contribution in [0.1, 0.15) is 120 Å². The van der Waals surface area contributed by atoms with Gasteiger partial charge in [0.2, 0.25) is 41.4 Å². The Morgan fingerprint density at radius 3 is 1.99 bits per heavy atom. The fraction of sp³-hybridized carbons (Fsp3) is 0.778. The van der Waals surface area contributed by atoms with Crippen molar-refractivity contribution < 1.29 is 72.5 Å². The van der Waals surface area contributed by atoms with Gasteiger partial charge in [-0.1, -0.05) is 54.9 Å². The smallest absolute Gasteiger partial charge is 0.396 e. The highest BCUT2D eigenvalue weighted by Crippen LogP contribution is 2.38. The monoisotopic (exact) mass is 1200 g/mol. The second kappa shape index (κ2) is 39.8. The van der Waals surface area contributed by atoms with E-state index in [1.165, 1.54) is 17.4 Å². The van der Waals surface area contributed by atoms with E-state index in [1.807, 2.05) is 41.5 Å². The fourth-order valence-corrected chi connectivity index (χ4v) is 7.08. The Morgan fingerprint density at radius 2 is 1.49 bits per heavy atom. The summed E-state index contributed by atoms with van der Waals surface area (Å²) in [6, 6.07) is -7.51. The van der Waals surface area contributed by atoms with E-state index in [0.29, 0.717) is 43.8 Å². The summed E-state index contributed by atoms with van der Waals surface area (Å²) < 4.78 is 23.0. The Labute approximate surface area is 453 Å². The molecule has 73 heavy (non-hydrogen) atoms. The van der Waals surface area contributed by atoms with Crippen LogP contribution in [0.25, 0.3) is 0 Å². The van der Waals surface area contributed by atoms with E-state index in [1.54, 1.807) is 18.4 Å². The van der Waals surface area contributed by atoms with Gasteiger partial charge in [0.15, 0.2) is 0 Å². The van der Waals surface area contributed by atoms with Crippen molar-refractivity contribution >= 4 is 85.8 Å². The molecule has 1 unspecified atom stereocenters. The van der Waals surface area contributed by atoms with E-state index in [4.69, 9.17) is 26.0 Å². The van der Waals surface area contributed by atoms with Gasteiger partial charge in [0.05, 0.1) is 50.3 Å². The second-order valence-corrected chi connectivity index (χ2v) is 18.8. The van der Waals surface area contributed by atoms with Crippen LogP contribution in [0.4, 0.5) is 0 Å². The number of ether oxygens (including phenoxy) is 1. The van der Waals surface area contributed by atoms with Crippen molar-refractivity contribution in [2.45, 2.75) is 175 Å². The number of carbonyl (C=O) groups excluding carboxylic acids is 7. The number of aromatic nitrogens is 2. The molecule has 1 fully saturated rings. The summed E-state index contributed by atoms with van der Waals surface area (Å²) in [5, 5.41) is 41.2. The predicted octanol–water partition coefficient (Wildman–Crippen LogP) is -0.232. The molecule has 25 nitrogen and oxygen atoms in total. The summed E-state index contributed by atoms with van der Waals surface area (Å²) in [6.45, 7) is 18.2. The molecule has 7 atom stereocenters. The lowest BCUT2D eigenvalue weighted by Crippen LogP contribution is -2.63. The lowest BCUT2D eigenvalue weighted by atomic mass is 9.98. The van der Waals surface area contributed by atoms with Crippen molar-refractivity contribution in [1.29, 1.82) is 0 Å². The van der Waals surface area contributed by atoms with Gasteiger partial charge in [0, 0.05) is 50.3 Å². The minimum Gasteiger partial charge on any atom is -0.396 e. The Kier molecular flexibility index (Phi) is 40.2. The molecule has 0 saturated carbocycles. The lowest BCUT2D eigenvalue weighted by molar-refractivity contribution is -0.150. The second-order valence-electron chi connectivity index (χ2n) is 17.2. The molecule has 0 aromatic carbocycles. The molecule has 1 aromatic rings. The highest BCUT2D eigenvalue weighted by atomic mass is 127. The molecule has 7 amide bonds. The highest BCUT2D eigenvalue weighted by molar-refractivity contribution is 14.0. The minimum absolute atomic E-state index is 0. The highest BCUT2D eigenvalue weighted by Gasteiger charge is 2.40. The molecular weight excluding hydrogens is 1110 g/mol. The number of halogens is 1. The minimum atomic E-state index is -5.12. The average Bonchev–Trinajstić information content (AvgIpc) is 3.75. The van der Waals surface area contributed by atoms with Crippen molar-refractivity contribution in [2.24, 2.45) is 17.4 Å². The number of primary amides is 1. The van der Waals surface area contributed by atoms with Gasteiger partial charge in [0.25, 0.3) is 0 Å². The molecule has 0 bridgehead atoms. The Hall–Kier alpha value is -3.51. The van der Waals surface area contributed by atoms with E-state index < -0.39 is 91.9 Å². The third-order valence-electron chi connectivity index (χ3n) is 10.4. The zero-order chi connectivity index (χ0) is 55.8. The van der Waals surface area contributed by atoms with E-state index >= 15 is 0 Å². The number of carbonyl (C=O) groups is 7. The number of hydrogen-bond acceptors (Lipinski definition) is 16. The van der Waals surface area contributed by atoms with Crippen LogP contribution in [-0.2, 0) is 60.4 Å². The van der Waals surface area contributed by atoms with Crippen LogP contribution in [0.15, 0.2) is 12.5 Å². The van der Waals surface area contributed by atoms with E-state index in [-0.39, 0.29) is 80.8 Å². The van der Waals surface area contributed by atoms with Gasteiger partial charge in [-0.05, 0) is 58.8 Å². The van der Waals surface area contributed by atoms with Gasteiger partial charge in [-0.2, -0.15) is 12.6 Å². The molecule has 0 aliphatic carbocycles. The quantitative estimate of drug-likeness (QED) is 0.0198. The molecular formula is C45H88IN10O15PS. The number of likely N-dealkylation sites (tertiary alicyclic amines) is 1. The molecule has 1 saturated heterocycles. The van der Waals surface area contributed by atoms with Crippen LogP contribution in [0, 0.1) is 5.92 Å². The van der Waals surface area contributed by atoms with E-state index in [0.717, 1.165) is 26.3 Å². The van der Waals surface area contributed by atoms with Crippen LogP contribution < -0.4 is 38.1 Å². The number of aliphatic hydroxyl groups excluding tert-OH is 3. The Morgan fingerprint density at radius 1 is 0.904 bits per heavy atom. The molecule has 1 aromatic heterocycles. The number of phosphoric ester groups is 1. The summed E-state index contributed by atoms with van der Waals surface area (Å²) in [7, 11) is -5.12. The number of phosphoric acid groups is 1. The number of nitrogens with one attached hydrogen (secondary N) is 5. The molecule has 28 heteroatoms. The normalized spacial score (nSPS) is 15.4. The van der Waals surface area contributed by atoms with Crippen LogP contribution >= 0.6 is 44.4 Å². The third kappa shape index (κ3) is 30.0. The van der Waals surface area contributed by atoms with Crippen molar-refractivity contribution in [3.8, 4) is 0 Å². The largest absolute Gasteiger partial charge is 0.469 e. The third-order valence-corrected chi connectivity index (χ3v) is 11.4. The first-order valence-corrected chi connectivity index (χ1v) is 26.6. The van der Waals surface area contributed by atoms with E-state index in [2.05, 4.69) is 55.6 Å². The van der Waals surface area contributed by atoms with E-state index in [9.17, 15) is 53.4 Å². The fourth-order valence-electron chi connectivity index (χ4n) is 6.36. The number of thiol groups is 1. The van der Waals surface area contributed by atoms with Crippen LogP contribution in [-0.4, -0.2) is 174 Å². The first-order valence-electron chi connectivity index (χ1n) is 24.5. The van der Waals surface area contributed by atoms with Crippen molar-refractivity contribution in [3.05, 3.63) is 18.2 Å². The summed E-state index contributed by atoms with van der Waals surface area (Å²) in [5.41, 5.74) is 10.3. The van der Waals surface area contributed by atoms with Gasteiger partial charge in [-0.3, -0.25) is 38.1 Å². The lowest BCUT2D eigenvalue weighted by Gasteiger charge is -2.40. The van der Waals surface area contributed by atoms with Crippen molar-refractivity contribution in [1.82, 2.24) is 41.0 Å². The van der Waals surface area contributed by atoms with Gasteiger partial charge < -0.3 is 77.4 Å². The number of amides is 7. The molecule has 2 rings (SSSR count). The summed E-state index contributed by atoms with van der Waals surface area (Å²) >= 11 is 3.91. The predicted molar refractivity (Wildman–Crippen MR) is 288 cm³/mol. The SMILES string of the molecule is CC.CC.CC(C)C[C@H](NC(=O)C1CCN1C(=O)CCOC(C)(C)CO)C(=O)N[C@@H](Cc1cncn1CCCCO)C(=O)N[C@@H](CO)C(=O)N[C@H](C(N)=O)[C@@H](C)OP(=O)(O)O.CCCCNC(=O)[C@@H](N)CS.I. The maximum Gasteiger partial charge on any atom is 0.469 e. The maximum absolute atomic E-state index is 13.9. The summed E-state index contributed by atoms with van der Waals surface area (Å²) in [5.74, 6) is -4.95. The van der Waals surface area contributed by atoms with Crippen LogP contribution in [0.2, 0.25) is 0 Å². The Balaban J connectivity index is -0.00000267. The molecule has 2 heterocycles. The number of hydrogen-bond donors (Lipinski definition) is 13. The molecule has 0 spiro atoms. The van der Waals surface area contributed by atoms with Crippen molar-refractivity contribution in [2.75, 3.05) is 45.3 Å². The molecule has 14 N–H and O–H groups in total. The maximum atomic E-state index is 13.9. The zero-order valence-corrected chi connectivity index (χ0v) is 48.3. The number of imidazole rings is 1.